The highest BCUT2D eigenvalue weighted by molar-refractivity contribution is 5.85. The summed E-state index contributed by atoms with van der Waals surface area (Å²) in [6, 6.07) is 0.578. The zero-order valence-electron chi connectivity index (χ0n) is 18.3. The second kappa shape index (κ2) is 8.69. The van der Waals surface area contributed by atoms with Gasteiger partial charge in [-0.15, -0.1) is 12.4 Å². The highest BCUT2D eigenvalue weighted by Gasteiger charge is 2.49. The van der Waals surface area contributed by atoms with Gasteiger partial charge in [-0.05, 0) is 67.6 Å². The minimum atomic E-state index is 0. The van der Waals surface area contributed by atoms with Gasteiger partial charge in [0.25, 0.3) is 0 Å². The van der Waals surface area contributed by atoms with Crippen LogP contribution in [0.1, 0.15) is 77.0 Å². The van der Waals surface area contributed by atoms with Gasteiger partial charge < -0.3 is 4.90 Å². The van der Waals surface area contributed by atoms with E-state index in [9.17, 15) is 0 Å². The number of aliphatic imine (C=N–C) groups is 1. The van der Waals surface area contributed by atoms with Crippen LogP contribution in [-0.4, -0.2) is 23.7 Å². The molecule has 3 aliphatic carbocycles. The summed E-state index contributed by atoms with van der Waals surface area (Å²) >= 11 is 0. The molecule has 0 bridgehead atoms. The van der Waals surface area contributed by atoms with Crippen LogP contribution in [0.25, 0.3) is 0 Å². The lowest BCUT2D eigenvalue weighted by Crippen LogP contribution is -2.35. The summed E-state index contributed by atoms with van der Waals surface area (Å²) < 4.78 is 0. The molecule has 0 N–H and O–H groups in total. The lowest BCUT2D eigenvalue weighted by molar-refractivity contribution is 0.284. The zero-order chi connectivity index (χ0) is 19.2. The smallest absolute Gasteiger partial charge is 0.0585 e. The summed E-state index contributed by atoms with van der Waals surface area (Å²) in [5, 5.41) is 0. The molecule has 6 rings (SSSR count). The van der Waals surface area contributed by atoms with Crippen LogP contribution in [0.5, 0.6) is 0 Å². The number of hydrogen-bond donors (Lipinski definition) is 0. The predicted molar refractivity (Wildman–Crippen MR) is 128 cm³/mol. The van der Waals surface area contributed by atoms with Crippen LogP contribution < -0.4 is 0 Å². The van der Waals surface area contributed by atoms with Crippen molar-refractivity contribution >= 4 is 18.6 Å². The van der Waals surface area contributed by atoms with Crippen molar-refractivity contribution in [2.75, 3.05) is 6.54 Å². The van der Waals surface area contributed by atoms with E-state index in [-0.39, 0.29) is 12.4 Å². The van der Waals surface area contributed by atoms with Gasteiger partial charge in [0.2, 0.25) is 0 Å². The third-order valence-corrected chi connectivity index (χ3v) is 8.82. The van der Waals surface area contributed by atoms with Gasteiger partial charge in [-0.1, -0.05) is 56.8 Å². The molecule has 1 saturated heterocycles. The average molecular weight is 425 g/mol. The maximum Gasteiger partial charge on any atom is 0.0585 e. The van der Waals surface area contributed by atoms with Crippen molar-refractivity contribution in [1.82, 2.24) is 4.90 Å². The molecule has 0 radical (unpaired) electrons. The molecule has 30 heavy (non-hydrogen) atoms. The molecule has 3 heteroatoms. The SMILES string of the molecule is C1=CC2=CCC3=C4[C@H](CCC3CC3CCCCCC3)[C@H]3CN=CC=C3N4C2CC1.Cl. The van der Waals surface area contributed by atoms with E-state index in [0.717, 1.165) is 24.3 Å². The predicted octanol–water partition coefficient (Wildman–Crippen LogP) is 7.00. The summed E-state index contributed by atoms with van der Waals surface area (Å²) in [5.74, 6) is 3.19. The Hall–Kier alpha value is -1.28. The first-order valence-electron chi connectivity index (χ1n) is 12.5. The van der Waals surface area contributed by atoms with Gasteiger partial charge >= 0.3 is 0 Å². The summed E-state index contributed by atoms with van der Waals surface area (Å²) in [7, 11) is 0. The largest absolute Gasteiger partial charge is 0.341 e. The molecule has 1 saturated carbocycles. The molecular formula is C27H37ClN2. The Morgan fingerprint density at radius 3 is 2.70 bits per heavy atom. The average Bonchev–Trinajstić information content (AvgIpc) is 2.91. The molecule has 162 valence electrons. The summed E-state index contributed by atoms with van der Waals surface area (Å²) in [6.07, 6.45) is 28.7. The molecule has 3 heterocycles. The molecule has 0 spiro atoms. The topological polar surface area (TPSA) is 15.6 Å². The van der Waals surface area contributed by atoms with Gasteiger partial charge in [0.1, 0.15) is 0 Å². The highest BCUT2D eigenvalue weighted by Crippen LogP contribution is 2.55. The Bertz CT molecular complexity index is 809. The lowest BCUT2D eigenvalue weighted by Gasteiger charge is -2.38. The van der Waals surface area contributed by atoms with Gasteiger partial charge in [0.05, 0.1) is 6.04 Å². The number of fused-ring (bicyclic) bond motifs is 5. The molecular weight excluding hydrogens is 388 g/mol. The van der Waals surface area contributed by atoms with Crippen LogP contribution in [0, 0.1) is 23.7 Å². The van der Waals surface area contributed by atoms with E-state index >= 15 is 0 Å². The Balaban J connectivity index is 0.00000193. The summed E-state index contributed by atoms with van der Waals surface area (Å²) in [6.45, 7) is 1.01. The number of hydrogen-bond acceptors (Lipinski definition) is 2. The summed E-state index contributed by atoms with van der Waals surface area (Å²) in [5.41, 5.74) is 6.78. The van der Waals surface area contributed by atoms with E-state index in [0.29, 0.717) is 12.0 Å². The Labute approximate surface area is 188 Å². The molecule has 0 amide bonds. The van der Waals surface area contributed by atoms with Crippen molar-refractivity contribution in [1.29, 1.82) is 0 Å². The van der Waals surface area contributed by atoms with Gasteiger partial charge in [-0.3, -0.25) is 4.99 Å². The molecule has 2 unspecified atom stereocenters. The number of dihydropyridines is 1. The van der Waals surface area contributed by atoms with Crippen LogP contribution in [0.2, 0.25) is 0 Å². The third-order valence-electron chi connectivity index (χ3n) is 8.82. The fourth-order valence-corrected chi connectivity index (χ4v) is 7.46. The minimum absolute atomic E-state index is 0. The monoisotopic (exact) mass is 424 g/mol. The number of nitrogens with zero attached hydrogens (tertiary/aromatic N) is 2. The lowest BCUT2D eigenvalue weighted by atomic mass is 9.72. The molecule has 3 aliphatic heterocycles. The molecule has 4 atom stereocenters. The van der Waals surface area contributed by atoms with E-state index < -0.39 is 0 Å². The third kappa shape index (κ3) is 3.44. The van der Waals surface area contributed by atoms with Crippen molar-refractivity contribution in [3.05, 3.63) is 46.8 Å². The van der Waals surface area contributed by atoms with E-state index in [1.165, 1.54) is 77.0 Å². The normalized spacial score (nSPS) is 35.4. The zero-order valence-corrected chi connectivity index (χ0v) is 19.1. The first kappa shape index (κ1) is 20.6. The van der Waals surface area contributed by atoms with Gasteiger partial charge in [-0.2, -0.15) is 0 Å². The summed E-state index contributed by atoms with van der Waals surface area (Å²) in [4.78, 5) is 7.54. The van der Waals surface area contributed by atoms with Gasteiger partial charge in [-0.25, -0.2) is 0 Å². The standard InChI is InChI=1S/C27H36N2.ClH/c1-2-4-8-19(7-3-1)17-21-12-14-23-24-18-28-16-15-26(24)29-25-10-6-5-9-20(25)11-13-22(21)27(23)29;/h5,9,11,15-16,19,21,23-25H,1-4,6-8,10,12-14,17-18H2;1H/t21?,23-,24-,25?;/m1./s1. The van der Waals surface area contributed by atoms with Crippen LogP contribution in [0.3, 0.4) is 0 Å². The van der Waals surface area contributed by atoms with Crippen molar-refractivity contribution in [2.24, 2.45) is 28.7 Å². The number of halogens is 1. The highest BCUT2D eigenvalue weighted by atomic mass is 35.5. The number of allylic oxidation sites excluding steroid dienone is 5. The first-order valence-corrected chi connectivity index (χ1v) is 12.5. The fourth-order valence-electron chi connectivity index (χ4n) is 7.46. The fraction of sp³-hybridized carbons (Fsp3) is 0.667. The molecule has 2 fully saturated rings. The van der Waals surface area contributed by atoms with Gasteiger partial charge in [0.15, 0.2) is 0 Å². The molecule has 0 aromatic carbocycles. The van der Waals surface area contributed by atoms with E-state index in [1.54, 1.807) is 17.0 Å². The van der Waals surface area contributed by atoms with Crippen molar-refractivity contribution in [3.8, 4) is 0 Å². The van der Waals surface area contributed by atoms with Gasteiger partial charge in [0, 0.05) is 36.0 Å². The van der Waals surface area contributed by atoms with Crippen LogP contribution >= 0.6 is 12.4 Å². The van der Waals surface area contributed by atoms with Crippen molar-refractivity contribution < 1.29 is 0 Å². The van der Waals surface area contributed by atoms with Crippen LogP contribution in [0.4, 0.5) is 0 Å². The Morgan fingerprint density at radius 2 is 1.83 bits per heavy atom. The molecule has 6 aliphatic rings. The Morgan fingerprint density at radius 1 is 0.967 bits per heavy atom. The van der Waals surface area contributed by atoms with Crippen LogP contribution in [0.15, 0.2) is 51.8 Å². The van der Waals surface area contributed by atoms with Crippen LogP contribution in [-0.2, 0) is 0 Å². The molecule has 0 aromatic rings. The molecule has 2 nitrogen and oxygen atoms in total. The Kier molecular flexibility index (Phi) is 5.97. The minimum Gasteiger partial charge on any atom is -0.341 e. The maximum absolute atomic E-state index is 4.70. The first-order chi connectivity index (χ1) is 14.4. The van der Waals surface area contributed by atoms with Crippen molar-refractivity contribution in [2.45, 2.75) is 83.1 Å². The van der Waals surface area contributed by atoms with Crippen molar-refractivity contribution in [3.63, 3.8) is 0 Å². The van der Waals surface area contributed by atoms with E-state index in [1.807, 2.05) is 5.57 Å². The van der Waals surface area contributed by atoms with E-state index in [4.69, 9.17) is 4.99 Å². The molecule has 0 aromatic heterocycles. The van der Waals surface area contributed by atoms with E-state index in [2.05, 4.69) is 35.4 Å². The number of rotatable bonds is 2. The maximum atomic E-state index is 4.70. The second-order valence-corrected chi connectivity index (χ2v) is 10.4. The second-order valence-electron chi connectivity index (χ2n) is 10.4. The quantitative estimate of drug-likeness (QED) is 0.435.